The highest BCUT2D eigenvalue weighted by Gasteiger charge is 2.22. The van der Waals surface area contributed by atoms with E-state index in [2.05, 4.69) is 51.4 Å². The second-order valence-electron chi connectivity index (χ2n) is 7.92. The van der Waals surface area contributed by atoms with Crippen molar-refractivity contribution >= 4 is 11.8 Å². The first kappa shape index (κ1) is 20.9. The van der Waals surface area contributed by atoms with E-state index in [1.165, 1.54) is 50.6 Å². The lowest BCUT2D eigenvalue weighted by molar-refractivity contribution is 0.267. The van der Waals surface area contributed by atoms with Gasteiger partial charge in [-0.25, -0.2) is 9.98 Å². The van der Waals surface area contributed by atoms with Crippen LogP contribution < -0.4 is 15.5 Å². The standard InChI is InChI=1S/C22H38N6/c1-3-23-22(26-18-20-10-9-15-27(20)4-2)25-17-19-11-12-24-21(16-19)28-13-7-5-6-8-14-28/h11-12,16,20H,3-10,13-15,17-18H2,1-2H3,(H2,23,25,26). The normalized spacial score (nSPS) is 21.6. The van der Waals surface area contributed by atoms with E-state index in [1.807, 2.05) is 6.20 Å². The number of likely N-dealkylation sites (tertiary alicyclic amines) is 1. The number of hydrogen-bond acceptors (Lipinski definition) is 4. The minimum atomic E-state index is 0.629. The van der Waals surface area contributed by atoms with Gasteiger partial charge in [0.15, 0.2) is 5.96 Å². The van der Waals surface area contributed by atoms with Crippen LogP contribution >= 0.6 is 0 Å². The van der Waals surface area contributed by atoms with Crippen molar-refractivity contribution in [2.75, 3.05) is 44.2 Å². The molecule has 2 N–H and O–H groups in total. The molecule has 156 valence electrons. The van der Waals surface area contributed by atoms with Gasteiger partial charge in [-0.2, -0.15) is 0 Å². The molecule has 2 saturated heterocycles. The van der Waals surface area contributed by atoms with Crippen LogP contribution in [0.4, 0.5) is 5.82 Å². The monoisotopic (exact) mass is 386 g/mol. The predicted molar refractivity (Wildman–Crippen MR) is 118 cm³/mol. The number of likely N-dealkylation sites (N-methyl/N-ethyl adjacent to an activating group) is 1. The number of hydrogen-bond donors (Lipinski definition) is 2. The Morgan fingerprint density at radius 1 is 1.11 bits per heavy atom. The summed E-state index contributed by atoms with van der Waals surface area (Å²) in [6.45, 7) is 11.5. The molecular formula is C22H38N6. The van der Waals surface area contributed by atoms with Crippen molar-refractivity contribution in [1.29, 1.82) is 0 Å². The summed E-state index contributed by atoms with van der Waals surface area (Å²) >= 11 is 0. The Balaban J connectivity index is 1.58. The van der Waals surface area contributed by atoms with Crippen LogP contribution in [0.1, 0.15) is 57.9 Å². The van der Waals surface area contributed by atoms with Crippen molar-refractivity contribution in [2.24, 2.45) is 4.99 Å². The first-order chi connectivity index (χ1) is 13.8. The molecule has 0 spiro atoms. The number of nitrogens with zero attached hydrogens (tertiary/aromatic N) is 4. The van der Waals surface area contributed by atoms with Gasteiger partial charge in [-0.15, -0.1) is 0 Å². The van der Waals surface area contributed by atoms with Crippen molar-refractivity contribution in [3.63, 3.8) is 0 Å². The summed E-state index contributed by atoms with van der Waals surface area (Å²) in [5.41, 5.74) is 1.22. The summed E-state index contributed by atoms with van der Waals surface area (Å²) in [6.07, 6.45) is 9.75. The van der Waals surface area contributed by atoms with Gasteiger partial charge in [0, 0.05) is 38.4 Å². The molecule has 0 amide bonds. The van der Waals surface area contributed by atoms with Gasteiger partial charge in [0.25, 0.3) is 0 Å². The minimum absolute atomic E-state index is 0.629. The molecule has 2 aliphatic heterocycles. The van der Waals surface area contributed by atoms with Crippen LogP contribution in [0, 0.1) is 0 Å². The zero-order chi connectivity index (χ0) is 19.6. The molecule has 1 unspecified atom stereocenters. The fraction of sp³-hybridized carbons (Fsp3) is 0.727. The third kappa shape index (κ3) is 6.09. The number of anilines is 1. The molecule has 28 heavy (non-hydrogen) atoms. The maximum Gasteiger partial charge on any atom is 0.191 e. The maximum absolute atomic E-state index is 4.83. The quantitative estimate of drug-likeness (QED) is 0.557. The lowest BCUT2D eigenvalue weighted by Crippen LogP contribution is -2.44. The van der Waals surface area contributed by atoms with E-state index in [0.717, 1.165) is 44.5 Å². The number of rotatable bonds is 7. The Morgan fingerprint density at radius 3 is 2.68 bits per heavy atom. The van der Waals surface area contributed by atoms with Gasteiger partial charge in [0.2, 0.25) is 0 Å². The second-order valence-corrected chi connectivity index (χ2v) is 7.92. The highest BCUT2D eigenvalue weighted by Crippen LogP contribution is 2.19. The van der Waals surface area contributed by atoms with Crippen LogP contribution in [0.2, 0.25) is 0 Å². The summed E-state index contributed by atoms with van der Waals surface area (Å²) in [4.78, 5) is 14.4. The highest BCUT2D eigenvalue weighted by atomic mass is 15.2. The Kier molecular flexibility index (Phi) is 8.40. The molecule has 0 aromatic carbocycles. The van der Waals surface area contributed by atoms with E-state index in [1.54, 1.807) is 0 Å². The largest absolute Gasteiger partial charge is 0.357 e. The fourth-order valence-electron chi connectivity index (χ4n) is 4.30. The molecular weight excluding hydrogens is 348 g/mol. The summed E-state index contributed by atoms with van der Waals surface area (Å²) in [6, 6.07) is 4.93. The predicted octanol–water partition coefficient (Wildman–Crippen LogP) is 3.00. The smallest absolute Gasteiger partial charge is 0.191 e. The van der Waals surface area contributed by atoms with E-state index in [0.29, 0.717) is 12.6 Å². The molecule has 2 aliphatic rings. The molecule has 3 rings (SSSR count). The number of aromatic nitrogens is 1. The average Bonchev–Trinajstić information content (AvgIpc) is 3.01. The molecule has 0 saturated carbocycles. The van der Waals surface area contributed by atoms with Gasteiger partial charge >= 0.3 is 0 Å². The summed E-state index contributed by atoms with van der Waals surface area (Å²) in [5.74, 6) is 2.02. The lowest BCUT2D eigenvalue weighted by Gasteiger charge is -2.24. The number of pyridine rings is 1. The van der Waals surface area contributed by atoms with Crippen LogP contribution in [0.15, 0.2) is 23.3 Å². The maximum atomic E-state index is 4.83. The molecule has 0 aliphatic carbocycles. The van der Waals surface area contributed by atoms with Crippen molar-refractivity contribution in [1.82, 2.24) is 20.5 Å². The average molecular weight is 387 g/mol. The van der Waals surface area contributed by atoms with Crippen LogP contribution in [-0.2, 0) is 6.54 Å². The topological polar surface area (TPSA) is 55.8 Å². The van der Waals surface area contributed by atoms with Crippen molar-refractivity contribution < 1.29 is 0 Å². The molecule has 1 atom stereocenters. The Bertz CT molecular complexity index is 609. The van der Waals surface area contributed by atoms with Gasteiger partial charge in [-0.3, -0.25) is 4.90 Å². The van der Waals surface area contributed by atoms with Crippen LogP contribution in [0.3, 0.4) is 0 Å². The lowest BCUT2D eigenvalue weighted by atomic mass is 10.2. The third-order valence-corrected chi connectivity index (χ3v) is 5.91. The first-order valence-electron chi connectivity index (χ1n) is 11.3. The van der Waals surface area contributed by atoms with Crippen molar-refractivity contribution in [3.05, 3.63) is 23.9 Å². The number of aliphatic imine (C=N–C) groups is 1. The third-order valence-electron chi connectivity index (χ3n) is 5.91. The Hall–Kier alpha value is -1.82. The summed E-state index contributed by atoms with van der Waals surface area (Å²) < 4.78 is 0. The van der Waals surface area contributed by atoms with Gasteiger partial charge in [-0.05, 0) is 63.4 Å². The highest BCUT2D eigenvalue weighted by molar-refractivity contribution is 5.79. The second kappa shape index (κ2) is 11.2. The van der Waals surface area contributed by atoms with Gasteiger partial charge in [0.05, 0.1) is 6.54 Å². The molecule has 0 bridgehead atoms. The van der Waals surface area contributed by atoms with E-state index >= 15 is 0 Å². The summed E-state index contributed by atoms with van der Waals surface area (Å²) in [5, 5.41) is 6.94. The molecule has 2 fully saturated rings. The Morgan fingerprint density at radius 2 is 1.93 bits per heavy atom. The first-order valence-corrected chi connectivity index (χ1v) is 11.3. The van der Waals surface area contributed by atoms with Crippen molar-refractivity contribution in [2.45, 2.75) is 65.0 Å². The van der Waals surface area contributed by atoms with Gasteiger partial charge in [0.1, 0.15) is 5.82 Å². The van der Waals surface area contributed by atoms with E-state index in [9.17, 15) is 0 Å². The summed E-state index contributed by atoms with van der Waals surface area (Å²) in [7, 11) is 0. The molecule has 6 nitrogen and oxygen atoms in total. The zero-order valence-corrected chi connectivity index (χ0v) is 17.8. The van der Waals surface area contributed by atoms with Crippen LogP contribution in [0.5, 0.6) is 0 Å². The molecule has 1 aromatic heterocycles. The minimum Gasteiger partial charge on any atom is -0.357 e. The van der Waals surface area contributed by atoms with Crippen LogP contribution in [-0.4, -0.2) is 61.2 Å². The van der Waals surface area contributed by atoms with Gasteiger partial charge in [-0.1, -0.05) is 19.8 Å². The van der Waals surface area contributed by atoms with Crippen molar-refractivity contribution in [3.8, 4) is 0 Å². The van der Waals surface area contributed by atoms with Gasteiger partial charge < -0.3 is 15.5 Å². The fourth-order valence-corrected chi connectivity index (χ4v) is 4.30. The molecule has 0 radical (unpaired) electrons. The number of guanidine groups is 1. The van der Waals surface area contributed by atoms with Crippen LogP contribution in [0.25, 0.3) is 0 Å². The van der Waals surface area contributed by atoms with E-state index < -0.39 is 0 Å². The molecule has 1 aromatic rings. The molecule has 6 heteroatoms. The zero-order valence-electron chi connectivity index (χ0n) is 17.8. The van der Waals surface area contributed by atoms with E-state index in [4.69, 9.17) is 4.99 Å². The van der Waals surface area contributed by atoms with E-state index in [-0.39, 0.29) is 0 Å². The molecule has 3 heterocycles. The number of nitrogens with one attached hydrogen (secondary N) is 2. The Labute approximate surface area is 170 Å². The SMILES string of the molecule is CCNC(=NCc1ccnc(N2CCCCCC2)c1)NCC1CCCN1CC.